The van der Waals surface area contributed by atoms with Crippen LogP contribution in [0, 0.1) is 5.82 Å². The maximum Gasteiger partial charge on any atom is 0.264 e. The Bertz CT molecular complexity index is 1080. The van der Waals surface area contributed by atoms with E-state index in [1.165, 1.54) is 33.4 Å². The number of halogens is 1. The van der Waals surface area contributed by atoms with Crippen LogP contribution in [0.5, 0.6) is 0 Å². The number of benzene rings is 1. The summed E-state index contributed by atoms with van der Waals surface area (Å²) in [6, 6.07) is 12.6. The summed E-state index contributed by atoms with van der Waals surface area (Å²) in [6.45, 7) is 0.417. The van der Waals surface area contributed by atoms with Crippen molar-refractivity contribution in [3.05, 3.63) is 82.2 Å². The van der Waals surface area contributed by atoms with Crippen molar-refractivity contribution in [2.75, 3.05) is 26.8 Å². The smallest absolute Gasteiger partial charge is 0.264 e. The highest BCUT2D eigenvalue weighted by Gasteiger charge is 2.36. The van der Waals surface area contributed by atoms with Crippen molar-refractivity contribution < 1.29 is 23.1 Å². The van der Waals surface area contributed by atoms with Gasteiger partial charge in [-0.25, -0.2) is 9.40 Å². The van der Waals surface area contributed by atoms with Gasteiger partial charge in [-0.15, -0.1) is 11.3 Å². The molecule has 2 amide bonds. The standard InChI is InChI=1S/C23H22FN3O4S/c1-30-12-10-26(23(29)21-5-3-13-32-21)15-22(28)27-19(20-4-2-11-31-20)14-18(25-27)16-6-8-17(24)9-7-16/h2-9,11,13,19H,10,12,14-15H2,1H3/t19-/m0/s1. The molecule has 1 aliphatic rings. The van der Waals surface area contributed by atoms with E-state index >= 15 is 0 Å². The Morgan fingerprint density at radius 1 is 1.25 bits per heavy atom. The zero-order valence-corrected chi connectivity index (χ0v) is 18.3. The first-order valence-corrected chi connectivity index (χ1v) is 11.0. The highest BCUT2D eigenvalue weighted by Crippen LogP contribution is 2.33. The summed E-state index contributed by atoms with van der Waals surface area (Å²) in [6.07, 6.45) is 1.96. The number of furan rings is 1. The van der Waals surface area contributed by atoms with E-state index in [1.807, 2.05) is 5.38 Å². The Hall–Kier alpha value is -3.30. The molecule has 0 saturated heterocycles. The molecule has 7 nitrogen and oxygen atoms in total. The maximum atomic E-state index is 13.3. The van der Waals surface area contributed by atoms with Crippen LogP contribution in [0.4, 0.5) is 4.39 Å². The highest BCUT2D eigenvalue weighted by molar-refractivity contribution is 7.12. The largest absolute Gasteiger partial charge is 0.467 e. The third-order valence-electron chi connectivity index (χ3n) is 5.13. The van der Waals surface area contributed by atoms with Gasteiger partial charge in [-0.05, 0) is 41.3 Å². The molecule has 0 aliphatic carbocycles. The lowest BCUT2D eigenvalue weighted by Crippen LogP contribution is -2.42. The van der Waals surface area contributed by atoms with Gasteiger partial charge in [-0.2, -0.15) is 5.10 Å². The summed E-state index contributed by atoms with van der Waals surface area (Å²) in [4.78, 5) is 28.2. The fraction of sp³-hybridized carbons (Fsp3) is 0.261. The van der Waals surface area contributed by atoms with Gasteiger partial charge < -0.3 is 14.1 Å². The molecule has 0 saturated carbocycles. The molecule has 1 atom stereocenters. The fourth-order valence-corrected chi connectivity index (χ4v) is 4.20. The van der Waals surface area contributed by atoms with Gasteiger partial charge in [0.15, 0.2) is 0 Å². The SMILES string of the molecule is COCCN(CC(=O)N1N=C(c2ccc(F)cc2)C[C@H]1c1ccco1)C(=O)c1cccs1. The molecule has 0 unspecified atom stereocenters. The monoisotopic (exact) mass is 455 g/mol. The summed E-state index contributed by atoms with van der Waals surface area (Å²) < 4.78 is 24.0. The molecule has 3 heterocycles. The molecule has 4 rings (SSSR count). The van der Waals surface area contributed by atoms with Crippen LogP contribution in [-0.4, -0.2) is 54.2 Å². The Morgan fingerprint density at radius 3 is 2.72 bits per heavy atom. The van der Waals surface area contributed by atoms with Crippen LogP contribution in [0.2, 0.25) is 0 Å². The number of thiophene rings is 1. The van der Waals surface area contributed by atoms with Gasteiger partial charge in [0.2, 0.25) is 0 Å². The minimum atomic E-state index is -0.446. The molecule has 1 aromatic carbocycles. The van der Waals surface area contributed by atoms with Gasteiger partial charge in [0.25, 0.3) is 11.8 Å². The van der Waals surface area contributed by atoms with Gasteiger partial charge in [-0.1, -0.05) is 18.2 Å². The number of hydrogen-bond acceptors (Lipinski definition) is 6. The van der Waals surface area contributed by atoms with Gasteiger partial charge in [0, 0.05) is 20.1 Å². The first-order chi connectivity index (χ1) is 15.6. The molecule has 1 aliphatic heterocycles. The summed E-state index contributed by atoms with van der Waals surface area (Å²) in [5.41, 5.74) is 1.37. The third kappa shape index (κ3) is 4.79. The summed E-state index contributed by atoms with van der Waals surface area (Å²) in [5.74, 6) is -0.331. The van der Waals surface area contributed by atoms with E-state index in [-0.39, 0.29) is 30.7 Å². The van der Waals surface area contributed by atoms with Gasteiger partial charge in [0.05, 0.1) is 23.5 Å². The predicted octanol–water partition coefficient (Wildman–Crippen LogP) is 3.95. The second-order valence-corrected chi connectivity index (χ2v) is 8.17. The van der Waals surface area contributed by atoms with Gasteiger partial charge >= 0.3 is 0 Å². The van der Waals surface area contributed by atoms with Crippen LogP contribution in [0.25, 0.3) is 0 Å². The van der Waals surface area contributed by atoms with E-state index in [0.717, 1.165) is 5.56 Å². The lowest BCUT2D eigenvalue weighted by Gasteiger charge is -2.25. The summed E-state index contributed by atoms with van der Waals surface area (Å²) >= 11 is 1.32. The second-order valence-electron chi connectivity index (χ2n) is 7.22. The minimum Gasteiger partial charge on any atom is -0.467 e. The van der Waals surface area contributed by atoms with Gasteiger partial charge in [0.1, 0.15) is 24.2 Å². The van der Waals surface area contributed by atoms with Crippen LogP contribution in [0.1, 0.15) is 33.5 Å². The van der Waals surface area contributed by atoms with Crippen molar-refractivity contribution in [1.82, 2.24) is 9.91 Å². The lowest BCUT2D eigenvalue weighted by atomic mass is 10.0. The predicted molar refractivity (Wildman–Crippen MR) is 118 cm³/mol. The molecule has 0 fully saturated rings. The van der Waals surface area contributed by atoms with Crippen molar-refractivity contribution in [3.63, 3.8) is 0 Å². The highest BCUT2D eigenvalue weighted by atomic mass is 32.1. The molecule has 0 radical (unpaired) electrons. The average Bonchev–Trinajstić information content (AvgIpc) is 3.57. The second kappa shape index (κ2) is 9.88. The normalized spacial score (nSPS) is 15.6. The molecule has 2 aromatic heterocycles. The molecule has 0 N–H and O–H groups in total. The zero-order chi connectivity index (χ0) is 22.5. The molecule has 0 spiro atoms. The number of carbonyl (C=O) groups excluding carboxylic acids is 2. The van der Waals surface area contributed by atoms with Crippen LogP contribution in [0.15, 0.2) is 69.7 Å². The molecule has 9 heteroatoms. The van der Waals surface area contributed by atoms with Crippen LogP contribution in [0.3, 0.4) is 0 Å². The maximum absolute atomic E-state index is 13.3. The number of ether oxygens (including phenoxy) is 1. The van der Waals surface area contributed by atoms with E-state index in [9.17, 15) is 14.0 Å². The molecular formula is C23H22FN3O4S. The third-order valence-corrected chi connectivity index (χ3v) is 5.98. The van der Waals surface area contributed by atoms with Crippen molar-refractivity contribution in [2.24, 2.45) is 5.10 Å². The van der Waals surface area contributed by atoms with Crippen LogP contribution < -0.4 is 0 Å². The number of amides is 2. The number of rotatable bonds is 8. The minimum absolute atomic E-state index is 0.155. The topological polar surface area (TPSA) is 75.3 Å². The number of nitrogens with zero attached hydrogens (tertiary/aromatic N) is 3. The Kier molecular flexibility index (Phi) is 6.77. The first kappa shape index (κ1) is 21.9. The number of methoxy groups -OCH3 is 1. The average molecular weight is 456 g/mol. The Balaban J connectivity index is 1.58. The molecule has 0 bridgehead atoms. The Morgan fingerprint density at radius 2 is 2.06 bits per heavy atom. The van der Waals surface area contributed by atoms with E-state index in [2.05, 4.69) is 5.10 Å². The van der Waals surface area contributed by atoms with E-state index in [0.29, 0.717) is 29.4 Å². The van der Waals surface area contributed by atoms with E-state index in [1.54, 1.807) is 49.8 Å². The number of hydrogen-bond donors (Lipinski definition) is 0. The number of hydrazone groups is 1. The molecule has 3 aromatic rings. The van der Waals surface area contributed by atoms with Crippen molar-refractivity contribution in [3.8, 4) is 0 Å². The first-order valence-electron chi connectivity index (χ1n) is 10.1. The van der Waals surface area contributed by atoms with Gasteiger partial charge in [-0.3, -0.25) is 9.59 Å². The summed E-state index contributed by atoms with van der Waals surface area (Å²) in [5, 5.41) is 7.71. The van der Waals surface area contributed by atoms with Crippen LogP contribution >= 0.6 is 11.3 Å². The van der Waals surface area contributed by atoms with Crippen molar-refractivity contribution >= 4 is 28.9 Å². The quantitative estimate of drug-likeness (QED) is 0.516. The fourth-order valence-electron chi connectivity index (χ4n) is 3.51. The summed E-state index contributed by atoms with van der Waals surface area (Å²) in [7, 11) is 1.54. The van der Waals surface area contributed by atoms with Crippen molar-refractivity contribution in [2.45, 2.75) is 12.5 Å². The Labute approximate surface area is 188 Å². The number of carbonyl (C=O) groups is 2. The van der Waals surface area contributed by atoms with E-state index in [4.69, 9.17) is 9.15 Å². The lowest BCUT2D eigenvalue weighted by molar-refractivity contribution is -0.134. The molecular weight excluding hydrogens is 433 g/mol. The van der Waals surface area contributed by atoms with Crippen LogP contribution in [-0.2, 0) is 9.53 Å². The molecule has 166 valence electrons. The zero-order valence-electron chi connectivity index (χ0n) is 17.4. The molecule has 32 heavy (non-hydrogen) atoms. The van der Waals surface area contributed by atoms with Crippen molar-refractivity contribution in [1.29, 1.82) is 0 Å². The van der Waals surface area contributed by atoms with E-state index < -0.39 is 6.04 Å².